The number of nitrogens with two attached hydrogens (primary N) is 1. The lowest BCUT2D eigenvalue weighted by Crippen LogP contribution is -2.33. The molecule has 0 spiro atoms. The number of methoxy groups -OCH3 is 1. The molecule has 4 unspecified atom stereocenters. The Hall–Kier alpha value is -1.26. The second-order valence-electron chi connectivity index (χ2n) is 6.81. The fourth-order valence-electron chi connectivity index (χ4n) is 4.09. The number of amides is 1. The third-order valence-electron chi connectivity index (χ3n) is 5.42. The van der Waals surface area contributed by atoms with Gasteiger partial charge in [0.25, 0.3) is 0 Å². The largest absolute Gasteiger partial charge is 0.496 e. The Morgan fingerprint density at radius 3 is 2.78 bits per heavy atom. The van der Waals surface area contributed by atoms with Gasteiger partial charge in [-0.05, 0) is 42.2 Å². The van der Waals surface area contributed by atoms with Crippen molar-refractivity contribution in [3.63, 3.8) is 0 Å². The lowest BCUT2D eigenvalue weighted by atomic mass is 9.96. The van der Waals surface area contributed by atoms with Gasteiger partial charge in [-0.3, -0.25) is 4.79 Å². The number of carbonyl (C=O) groups is 1. The fraction of sp³-hybridized carbons (Fsp3) is 0.611. The molecule has 128 valence electrons. The highest BCUT2D eigenvalue weighted by atomic mass is 35.5. The van der Waals surface area contributed by atoms with Crippen molar-refractivity contribution < 1.29 is 9.53 Å². The summed E-state index contributed by atoms with van der Waals surface area (Å²) in [6.07, 6.45) is 2.84. The van der Waals surface area contributed by atoms with Crippen molar-refractivity contribution in [2.24, 2.45) is 17.6 Å². The molecule has 4 nitrogen and oxygen atoms in total. The van der Waals surface area contributed by atoms with Crippen LogP contribution in [-0.4, -0.2) is 37.0 Å². The van der Waals surface area contributed by atoms with Crippen LogP contribution in [0.25, 0.3) is 0 Å². The summed E-state index contributed by atoms with van der Waals surface area (Å²) in [4.78, 5) is 14.6. The first-order valence-corrected chi connectivity index (χ1v) is 8.26. The molecule has 1 saturated carbocycles. The van der Waals surface area contributed by atoms with Gasteiger partial charge in [-0.15, -0.1) is 12.4 Å². The van der Waals surface area contributed by atoms with E-state index in [2.05, 4.69) is 6.92 Å². The van der Waals surface area contributed by atoms with Gasteiger partial charge in [0.1, 0.15) is 5.75 Å². The van der Waals surface area contributed by atoms with Gasteiger partial charge in [-0.25, -0.2) is 0 Å². The number of rotatable bonds is 4. The van der Waals surface area contributed by atoms with E-state index in [9.17, 15) is 4.79 Å². The second kappa shape index (κ2) is 7.54. The molecule has 3 rings (SSSR count). The normalized spacial score (nSPS) is 27.3. The third kappa shape index (κ3) is 3.64. The molecule has 1 saturated heterocycles. The highest BCUT2D eigenvalue weighted by Crippen LogP contribution is 2.38. The Morgan fingerprint density at radius 2 is 2.09 bits per heavy atom. The summed E-state index contributed by atoms with van der Waals surface area (Å²) in [7, 11) is 1.68. The van der Waals surface area contributed by atoms with E-state index in [4.69, 9.17) is 10.5 Å². The fourth-order valence-corrected chi connectivity index (χ4v) is 4.09. The average Bonchev–Trinajstić information content (AvgIpc) is 3.09. The van der Waals surface area contributed by atoms with Crippen molar-refractivity contribution in [1.29, 1.82) is 0 Å². The van der Waals surface area contributed by atoms with Gasteiger partial charge >= 0.3 is 0 Å². The predicted octanol–water partition coefficient (Wildman–Crippen LogP) is 2.81. The van der Waals surface area contributed by atoms with E-state index < -0.39 is 0 Å². The van der Waals surface area contributed by atoms with Gasteiger partial charge in [-0.1, -0.05) is 25.1 Å². The minimum absolute atomic E-state index is 0. The number of carbonyl (C=O) groups excluding carboxylic acids is 1. The molecule has 1 aromatic rings. The minimum atomic E-state index is 0. The molecule has 0 aromatic heterocycles. The van der Waals surface area contributed by atoms with Crippen LogP contribution in [0.2, 0.25) is 0 Å². The molecule has 1 aromatic carbocycles. The number of nitrogens with zero attached hydrogens (tertiary/aromatic N) is 1. The number of ether oxygens (including phenoxy) is 1. The maximum atomic E-state index is 12.6. The van der Waals surface area contributed by atoms with E-state index in [1.54, 1.807) is 7.11 Å². The molecule has 23 heavy (non-hydrogen) atoms. The van der Waals surface area contributed by atoms with Crippen LogP contribution in [0, 0.1) is 11.8 Å². The maximum Gasteiger partial charge on any atom is 0.223 e. The summed E-state index contributed by atoms with van der Waals surface area (Å²) in [5.41, 5.74) is 7.26. The Bertz CT molecular complexity index is 552. The van der Waals surface area contributed by atoms with Crippen molar-refractivity contribution >= 4 is 18.3 Å². The summed E-state index contributed by atoms with van der Waals surface area (Å²) >= 11 is 0. The number of fused-ring (bicyclic) bond motifs is 1. The molecule has 1 amide bonds. The van der Waals surface area contributed by atoms with Crippen molar-refractivity contribution in [2.75, 3.05) is 20.2 Å². The number of hydrogen-bond donors (Lipinski definition) is 1. The maximum absolute atomic E-state index is 12.6. The Morgan fingerprint density at radius 1 is 1.35 bits per heavy atom. The van der Waals surface area contributed by atoms with Crippen molar-refractivity contribution in [3.8, 4) is 5.75 Å². The number of hydrogen-bond acceptors (Lipinski definition) is 3. The molecule has 1 heterocycles. The zero-order chi connectivity index (χ0) is 15.7. The van der Waals surface area contributed by atoms with Gasteiger partial charge < -0.3 is 15.4 Å². The molecule has 0 radical (unpaired) electrons. The Kier molecular flexibility index (Phi) is 5.93. The lowest BCUT2D eigenvalue weighted by Gasteiger charge is -2.22. The smallest absolute Gasteiger partial charge is 0.223 e. The molecule has 1 aliphatic heterocycles. The standard InChI is InChI=1S/C18H26N2O2.ClH/c1-12(14-5-3-4-6-17(14)22-2)9-18(21)20-10-13-7-8-16(19)15(13)11-20;/h3-6,12-13,15-16H,7-11,19H2,1-2H3;1H. The lowest BCUT2D eigenvalue weighted by molar-refractivity contribution is -0.130. The van der Waals surface area contributed by atoms with Gasteiger partial charge in [0.05, 0.1) is 7.11 Å². The zero-order valence-corrected chi connectivity index (χ0v) is 14.7. The highest BCUT2D eigenvalue weighted by Gasteiger charge is 2.42. The molecular formula is C18H27ClN2O2. The van der Waals surface area contributed by atoms with Crippen molar-refractivity contribution in [2.45, 2.75) is 38.1 Å². The third-order valence-corrected chi connectivity index (χ3v) is 5.42. The molecule has 1 aliphatic carbocycles. The molecule has 2 N–H and O–H groups in total. The van der Waals surface area contributed by atoms with Crippen LogP contribution in [-0.2, 0) is 4.79 Å². The van der Waals surface area contributed by atoms with Crippen LogP contribution < -0.4 is 10.5 Å². The van der Waals surface area contributed by atoms with Crippen molar-refractivity contribution in [3.05, 3.63) is 29.8 Å². The molecule has 2 aliphatic rings. The zero-order valence-electron chi connectivity index (χ0n) is 13.9. The summed E-state index contributed by atoms with van der Waals surface area (Å²) in [6, 6.07) is 8.24. The highest BCUT2D eigenvalue weighted by molar-refractivity contribution is 5.85. The van der Waals surface area contributed by atoms with Crippen LogP contribution in [0.4, 0.5) is 0 Å². The summed E-state index contributed by atoms with van der Waals surface area (Å²) < 4.78 is 5.41. The van der Waals surface area contributed by atoms with Crippen molar-refractivity contribution in [1.82, 2.24) is 4.90 Å². The molecule has 2 fully saturated rings. The SMILES string of the molecule is COc1ccccc1C(C)CC(=O)N1CC2CCC(N)C2C1.Cl. The first kappa shape index (κ1) is 18.1. The van der Waals surface area contributed by atoms with Crippen LogP contribution in [0.3, 0.4) is 0 Å². The van der Waals surface area contributed by atoms with Gasteiger partial charge in [0.15, 0.2) is 0 Å². The van der Waals surface area contributed by atoms with E-state index in [1.165, 1.54) is 6.42 Å². The first-order chi connectivity index (χ1) is 10.6. The van der Waals surface area contributed by atoms with E-state index >= 15 is 0 Å². The van der Waals surface area contributed by atoms with E-state index in [0.29, 0.717) is 18.3 Å². The van der Waals surface area contributed by atoms with E-state index in [-0.39, 0.29) is 30.3 Å². The molecular weight excluding hydrogens is 312 g/mol. The topological polar surface area (TPSA) is 55.6 Å². The monoisotopic (exact) mass is 338 g/mol. The van der Waals surface area contributed by atoms with Crippen LogP contribution in [0.15, 0.2) is 24.3 Å². The summed E-state index contributed by atoms with van der Waals surface area (Å²) in [5, 5.41) is 0. The number of likely N-dealkylation sites (tertiary alicyclic amines) is 1. The van der Waals surface area contributed by atoms with Gasteiger partial charge in [0.2, 0.25) is 5.91 Å². The average molecular weight is 339 g/mol. The Balaban J connectivity index is 0.00000192. The number of halogens is 1. The van der Waals surface area contributed by atoms with Crippen LogP contribution >= 0.6 is 12.4 Å². The van der Waals surface area contributed by atoms with Gasteiger partial charge in [0, 0.05) is 25.6 Å². The first-order valence-electron chi connectivity index (χ1n) is 8.26. The predicted molar refractivity (Wildman–Crippen MR) is 94.0 cm³/mol. The number of para-hydroxylation sites is 1. The minimum Gasteiger partial charge on any atom is -0.496 e. The number of benzene rings is 1. The quantitative estimate of drug-likeness (QED) is 0.918. The molecule has 0 bridgehead atoms. The molecule has 4 atom stereocenters. The van der Waals surface area contributed by atoms with Crippen LogP contribution in [0.5, 0.6) is 5.75 Å². The second-order valence-corrected chi connectivity index (χ2v) is 6.81. The van der Waals surface area contributed by atoms with Crippen LogP contribution in [0.1, 0.15) is 37.7 Å². The van der Waals surface area contributed by atoms with E-state index in [0.717, 1.165) is 30.8 Å². The summed E-state index contributed by atoms with van der Waals surface area (Å²) in [6.45, 7) is 3.84. The molecule has 5 heteroatoms. The van der Waals surface area contributed by atoms with Gasteiger partial charge in [-0.2, -0.15) is 0 Å². The Labute approximate surface area is 144 Å². The van der Waals surface area contributed by atoms with E-state index in [1.807, 2.05) is 29.2 Å². The summed E-state index contributed by atoms with van der Waals surface area (Å²) in [5.74, 6) is 2.42.